The number of hydrogen-bond donors (Lipinski definition) is 1. The van der Waals surface area contributed by atoms with E-state index in [1.807, 2.05) is 10.6 Å². The highest BCUT2D eigenvalue weighted by Gasteiger charge is 2.17. The van der Waals surface area contributed by atoms with Gasteiger partial charge in [-0.05, 0) is 42.5 Å². The number of hydrogen-bond acceptors (Lipinski definition) is 2. The van der Waals surface area contributed by atoms with Crippen LogP contribution in [-0.4, -0.2) is 28.7 Å². The predicted molar refractivity (Wildman–Crippen MR) is 67.2 cm³/mol. The van der Waals surface area contributed by atoms with Crippen LogP contribution in [0.2, 0.25) is 0 Å². The second-order valence-corrected chi connectivity index (χ2v) is 4.71. The van der Waals surface area contributed by atoms with E-state index in [0.29, 0.717) is 11.5 Å². The highest BCUT2D eigenvalue weighted by atomic mass is 16.5. The van der Waals surface area contributed by atoms with Crippen LogP contribution in [-0.2, 0) is 4.74 Å². The molecule has 2 aromatic rings. The number of aromatic carboxylic acids is 1. The Morgan fingerprint density at radius 3 is 2.83 bits per heavy atom. The van der Waals surface area contributed by atoms with Crippen LogP contribution in [0.15, 0.2) is 30.6 Å². The summed E-state index contributed by atoms with van der Waals surface area (Å²) in [5.74, 6) is -0.349. The van der Waals surface area contributed by atoms with Crippen LogP contribution in [0.5, 0.6) is 0 Å². The molecule has 0 spiro atoms. The van der Waals surface area contributed by atoms with Gasteiger partial charge in [-0.25, -0.2) is 4.79 Å². The van der Waals surface area contributed by atoms with Gasteiger partial charge in [0.1, 0.15) is 0 Å². The van der Waals surface area contributed by atoms with Gasteiger partial charge in [0, 0.05) is 31.1 Å². The smallest absolute Gasteiger partial charge is 0.335 e. The maximum absolute atomic E-state index is 10.9. The summed E-state index contributed by atoms with van der Waals surface area (Å²) in [6.45, 7) is 1.63. The Hall–Kier alpha value is -1.81. The van der Waals surface area contributed by atoms with Crippen LogP contribution in [0.1, 0.15) is 34.7 Å². The normalized spacial score (nSPS) is 17.1. The van der Waals surface area contributed by atoms with Gasteiger partial charge in [0.15, 0.2) is 0 Å². The number of carbonyl (C=O) groups is 1. The molecule has 1 N–H and O–H groups in total. The molecule has 0 aliphatic carbocycles. The molecule has 1 aliphatic heterocycles. The third kappa shape index (κ3) is 1.99. The van der Waals surface area contributed by atoms with Crippen LogP contribution >= 0.6 is 0 Å². The van der Waals surface area contributed by atoms with E-state index in [2.05, 4.69) is 12.3 Å². The van der Waals surface area contributed by atoms with Crippen molar-refractivity contribution in [2.24, 2.45) is 0 Å². The second kappa shape index (κ2) is 4.46. The van der Waals surface area contributed by atoms with E-state index >= 15 is 0 Å². The number of ether oxygens (including phenoxy) is 1. The Morgan fingerprint density at radius 1 is 1.33 bits per heavy atom. The molecule has 3 rings (SSSR count). The molecule has 2 aromatic heterocycles. The Balaban J connectivity index is 1.97. The van der Waals surface area contributed by atoms with Gasteiger partial charge in [-0.2, -0.15) is 0 Å². The van der Waals surface area contributed by atoms with Crippen LogP contribution in [0, 0.1) is 0 Å². The molecule has 0 saturated carbocycles. The van der Waals surface area contributed by atoms with Gasteiger partial charge in [0.25, 0.3) is 0 Å². The fourth-order valence-corrected chi connectivity index (χ4v) is 2.52. The first-order valence-electron chi connectivity index (χ1n) is 6.17. The summed E-state index contributed by atoms with van der Waals surface area (Å²) >= 11 is 0. The van der Waals surface area contributed by atoms with E-state index in [1.165, 1.54) is 5.56 Å². The predicted octanol–water partition coefficient (Wildman–Crippen LogP) is 2.53. The first-order chi connectivity index (χ1) is 8.74. The highest BCUT2D eigenvalue weighted by molar-refractivity contribution is 5.89. The van der Waals surface area contributed by atoms with E-state index in [0.717, 1.165) is 31.6 Å². The zero-order valence-electron chi connectivity index (χ0n) is 10.0. The van der Waals surface area contributed by atoms with Crippen molar-refractivity contribution < 1.29 is 14.6 Å². The Labute approximate surface area is 105 Å². The summed E-state index contributed by atoms with van der Waals surface area (Å²) in [7, 11) is 0. The van der Waals surface area contributed by atoms with E-state index in [4.69, 9.17) is 9.84 Å². The summed E-state index contributed by atoms with van der Waals surface area (Å²) in [4.78, 5) is 10.9. The van der Waals surface area contributed by atoms with Crippen molar-refractivity contribution in [3.8, 4) is 0 Å². The molecule has 0 aromatic carbocycles. The number of carboxylic acids is 1. The molecule has 4 heteroatoms. The number of fused-ring (bicyclic) bond motifs is 1. The van der Waals surface area contributed by atoms with Crippen LogP contribution in [0.25, 0.3) is 5.52 Å². The van der Waals surface area contributed by atoms with Crippen molar-refractivity contribution >= 4 is 11.5 Å². The standard InChI is InChI=1S/C14H15NO3/c16-14(17)11-1-4-15-9-12(8-13(15)7-11)10-2-5-18-6-3-10/h1,4,7-10H,2-3,5-6H2,(H,16,17). The van der Waals surface area contributed by atoms with E-state index in [1.54, 1.807) is 12.1 Å². The molecule has 0 atom stereocenters. The second-order valence-electron chi connectivity index (χ2n) is 4.71. The Kier molecular flexibility index (Phi) is 2.80. The first-order valence-corrected chi connectivity index (χ1v) is 6.17. The molecular formula is C14H15NO3. The van der Waals surface area contributed by atoms with Gasteiger partial charge >= 0.3 is 5.97 Å². The minimum absolute atomic E-state index is 0.333. The van der Waals surface area contributed by atoms with Crippen LogP contribution < -0.4 is 0 Å². The quantitative estimate of drug-likeness (QED) is 0.884. The molecule has 1 saturated heterocycles. The molecule has 94 valence electrons. The largest absolute Gasteiger partial charge is 0.478 e. The Morgan fingerprint density at radius 2 is 2.11 bits per heavy atom. The molecule has 1 fully saturated rings. The zero-order valence-corrected chi connectivity index (χ0v) is 10.0. The van der Waals surface area contributed by atoms with Crippen LogP contribution in [0.3, 0.4) is 0 Å². The molecule has 1 aliphatic rings. The molecular weight excluding hydrogens is 230 g/mol. The minimum Gasteiger partial charge on any atom is -0.478 e. The number of carboxylic acid groups (broad SMARTS) is 1. The average Bonchev–Trinajstić information content (AvgIpc) is 2.82. The van der Waals surface area contributed by atoms with Gasteiger partial charge in [-0.15, -0.1) is 0 Å². The maximum Gasteiger partial charge on any atom is 0.335 e. The summed E-state index contributed by atoms with van der Waals surface area (Å²) in [5.41, 5.74) is 2.55. The summed E-state index contributed by atoms with van der Waals surface area (Å²) in [6.07, 6.45) is 5.99. The highest BCUT2D eigenvalue weighted by Crippen LogP contribution is 2.28. The van der Waals surface area contributed by atoms with Crippen molar-refractivity contribution in [1.82, 2.24) is 4.40 Å². The van der Waals surface area contributed by atoms with Crippen molar-refractivity contribution in [3.05, 3.63) is 41.7 Å². The SMILES string of the molecule is O=C(O)c1ccn2cc(C3CCOCC3)cc2c1. The zero-order chi connectivity index (χ0) is 12.5. The number of aromatic nitrogens is 1. The van der Waals surface area contributed by atoms with E-state index in [9.17, 15) is 4.79 Å². The molecule has 4 nitrogen and oxygen atoms in total. The summed E-state index contributed by atoms with van der Waals surface area (Å²) < 4.78 is 7.34. The number of nitrogens with zero attached hydrogens (tertiary/aromatic N) is 1. The first kappa shape index (κ1) is 11.3. The maximum atomic E-state index is 10.9. The number of pyridine rings is 1. The molecule has 0 bridgehead atoms. The van der Waals surface area contributed by atoms with Gasteiger partial charge in [-0.1, -0.05) is 0 Å². The lowest BCUT2D eigenvalue weighted by molar-refractivity contribution is 0.0697. The van der Waals surface area contributed by atoms with Crippen molar-refractivity contribution in [3.63, 3.8) is 0 Å². The molecule has 0 amide bonds. The molecule has 3 heterocycles. The fraction of sp³-hybridized carbons (Fsp3) is 0.357. The van der Waals surface area contributed by atoms with Crippen molar-refractivity contribution in [2.75, 3.05) is 13.2 Å². The van der Waals surface area contributed by atoms with E-state index < -0.39 is 5.97 Å². The van der Waals surface area contributed by atoms with Gasteiger partial charge in [0.05, 0.1) is 5.56 Å². The monoisotopic (exact) mass is 245 g/mol. The minimum atomic E-state index is -0.883. The van der Waals surface area contributed by atoms with Gasteiger partial charge < -0.3 is 14.2 Å². The van der Waals surface area contributed by atoms with Crippen LogP contribution in [0.4, 0.5) is 0 Å². The lowest BCUT2D eigenvalue weighted by Crippen LogP contribution is -2.13. The third-order valence-corrected chi connectivity index (χ3v) is 3.56. The van der Waals surface area contributed by atoms with Gasteiger partial charge in [0.2, 0.25) is 0 Å². The Bertz CT molecular complexity index is 582. The molecule has 0 radical (unpaired) electrons. The van der Waals surface area contributed by atoms with E-state index in [-0.39, 0.29) is 0 Å². The van der Waals surface area contributed by atoms with Crippen molar-refractivity contribution in [1.29, 1.82) is 0 Å². The van der Waals surface area contributed by atoms with Gasteiger partial charge in [-0.3, -0.25) is 0 Å². The molecule has 18 heavy (non-hydrogen) atoms. The average molecular weight is 245 g/mol. The lowest BCUT2D eigenvalue weighted by atomic mass is 9.94. The number of rotatable bonds is 2. The fourth-order valence-electron chi connectivity index (χ4n) is 2.52. The summed E-state index contributed by atoms with van der Waals surface area (Å²) in [6, 6.07) is 5.43. The topological polar surface area (TPSA) is 50.9 Å². The molecule has 0 unspecified atom stereocenters. The third-order valence-electron chi connectivity index (χ3n) is 3.56. The van der Waals surface area contributed by atoms with Crippen molar-refractivity contribution in [2.45, 2.75) is 18.8 Å². The lowest BCUT2D eigenvalue weighted by Gasteiger charge is -2.20. The summed E-state index contributed by atoms with van der Waals surface area (Å²) in [5, 5.41) is 8.97.